The summed E-state index contributed by atoms with van der Waals surface area (Å²) >= 11 is 0. The fourth-order valence-electron chi connectivity index (χ4n) is 1.31. The van der Waals surface area contributed by atoms with Crippen molar-refractivity contribution in [3.8, 4) is 0 Å². The van der Waals surface area contributed by atoms with Crippen LogP contribution in [0.5, 0.6) is 0 Å². The topological polar surface area (TPSA) is 27.7 Å². The average molecular weight is 212 g/mol. The van der Waals surface area contributed by atoms with E-state index in [1.165, 1.54) is 5.56 Å². The third-order valence-electron chi connectivity index (χ3n) is 2.20. The number of rotatable bonds is 5. The summed E-state index contributed by atoms with van der Waals surface area (Å²) in [5.74, 6) is 0. The second kappa shape index (κ2) is 5.26. The molecule has 0 aromatic heterocycles. The second-order valence-electron chi connectivity index (χ2n) is 2.96. The van der Waals surface area contributed by atoms with Crippen LogP contribution in [0, 0.1) is 0 Å². The third kappa shape index (κ3) is 2.65. The minimum Gasteiger partial charge on any atom is -0.377 e. The molecule has 1 aromatic carbocycles. The Bertz CT molecular complexity index is 251. The van der Waals surface area contributed by atoms with Gasteiger partial charge in [0.15, 0.2) is 0 Å². The maximum Gasteiger partial charge on any atom is 0.504 e. The van der Waals surface area contributed by atoms with Crippen molar-refractivity contribution in [3.05, 3.63) is 35.9 Å². The first-order valence-corrected chi connectivity index (χ1v) is 6.39. The maximum atomic E-state index is 5.33. The highest BCUT2D eigenvalue weighted by Crippen LogP contribution is 2.13. The van der Waals surface area contributed by atoms with E-state index in [1.54, 1.807) is 21.3 Å². The first kappa shape index (κ1) is 11.4. The van der Waals surface area contributed by atoms with Crippen LogP contribution in [-0.2, 0) is 19.3 Å². The molecule has 0 aliphatic rings. The van der Waals surface area contributed by atoms with Crippen molar-refractivity contribution >= 4 is 8.80 Å². The van der Waals surface area contributed by atoms with Gasteiger partial charge in [0.1, 0.15) is 0 Å². The Kier molecular flexibility index (Phi) is 4.28. The van der Waals surface area contributed by atoms with Crippen molar-refractivity contribution in [2.24, 2.45) is 0 Å². The van der Waals surface area contributed by atoms with Gasteiger partial charge in [0, 0.05) is 27.4 Å². The van der Waals surface area contributed by atoms with Crippen LogP contribution in [0.1, 0.15) is 5.56 Å². The van der Waals surface area contributed by atoms with Crippen LogP contribution >= 0.6 is 0 Å². The van der Waals surface area contributed by atoms with Crippen molar-refractivity contribution in [1.29, 1.82) is 0 Å². The summed E-state index contributed by atoms with van der Waals surface area (Å²) in [7, 11) is 2.42. The normalized spacial score (nSPS) is 11.6. The Morgan fingerprint density at radius 3 is 1.86 bits per heavy atom. The van der Waals surface area contributed by atoms with Crippen LogP contribution < -0.4 is 0 Å². The van der Waals surface area contributed by atoms with Crippen LogP contribution in [0.3, 0.4) is 0 Å². The van der Waals surface area contributed by atoms with E-state index in [-0.39, 0.29) is 0 Å². The quantitative estimate of drug-likeness (QED) is 0.695. The summed E-state index contributed by atoms with van der Waals surface area (Å²) in [6.07, 6.45) is 0. The molecule has 4 heteroatoms. The van der Waals surface area contributed by atoms with E-state index in [9.17, 15) is 0 Å². The van der Waals surface area contributed by atoms with E-state index in [0.717, 1.165) is 0 Å². The Morgan fingerprint density at radius 2 is 1.43 bits per heavy atom. The zero-order valence-electron chi connectivity index (χ0n) is 8.82. The van der Waals surface area contributed by atoms with Crippen LogP contribution in [0.25, 0.3) is 0 Å². The molecule has 0 atom stereocenters. The number of hydrogen-bond donors (Lipinski definition) is 0. The average Bonchev–Trinajstić information content (AvgIpc) is 2.28. The molecule has 0 amide bonds. The Hall–Kier alpha value is -0.683. The zero-order valence-corrected chi connectivity index (χ0v) is 9.82. The molecule has 0 aliphatic carbocycles. The SMILES string of the molecule is CO[Si](Cc1ccccc1)(OC)OC. The standard InChI is InChI=1S/C10H16O3Si/c1-11-14(12-2,13-3)9-10-7-5-4-6-8-10/h4-8H,9H2,1-3H3. The lowest BCUT2D eigenvalue weighted by Crippen LogP contribution is -2.45. The lowest BCUT2D eigenvalue weighted by atomic mass is 10.2. The van der Waals surface area contributed by atoms with Crippen LogP contribution in [0.2, 0.25) is 0 Å². The molecule has 1 aromatic rings. The van der Waals surface area contributed by atoms with Gasteiger partial charge in [-0.05, 0) is 5.56 Å². The first-order valence-electron chi connectivity index (χ1n) is 4.45. The predicted molar refractivity (Wildman–Crippen MR) is 56.9 cm³/mol. The molecular formula is C10H16O3Si. The lowest BCUT2D eigenvalue weighted by molar-refractivity contribution is 0.122. The third-order valence-corrected chi connectivity index (χ3v) is 4.90. The number of benzene rings is 1. The first-order chi connectivity index (χ1) is 6.76. The molecule has 0 heterocycles. The molecule has 0 unspecified atom stereocenters. The fraction of sp³-hybridized carbons (Fsp3) is 0.400. The highest BCUT2D eigenvalue weighted by Gasteiger charge is 2.37. The van der Waals surface area contributed by atoms with Gasteiger partial charge in [0.2, 0.25) is 0 Å². The van der Waals surface area contributed by atoms with Gasteiger partial charge >= 0.3 is 8.80 Å². The van der Waals surface area contributed by atoms with Gasteiger partial charge in [-0.2, -0.15) is 0 Å². The van der Waals surface area contributed by atoms with Gasteiger partial charge in [0.25, 0.3) is 0 Å². The van der Waals surface area contributed by atoms with Crippen molar-refractivity contribution in [2.45, 2.75) is 6.04 Å². The minimum atomic E-state index is -2.46. The minimum absolute atomic E-state index is 0.706. The Balaban J connectivity index is 2.74. The molecule has 0 bridgehead atoms. The van der Waals surface area contributed by atoms with Crippen LogP contribution in [0.15, 0.2) is 30.3 Å². The molecule has 78 valence electrons. The Morgan fingerprint density at radius 1 is 0.929 bits per heavy atom. The molecule has 14 heavy (non-hydrogen) atoms. The van der Waals surface area contributed by atoms with Gasteiger partial charge in [-0.1, -0.05) is 30.3 Å². The molecule has 0 radical (unpaired) electrons. The largest absolute Gasteiger partial charge is 0.504 e. The van der Waals surface area contributed by atoms with Gasteiger partial charge in [-0.15, -0.1) is 0 Å². The van der Waals surface area contributed by atoms with Crippen LogP contribution in [-0.4, -0.2) is 30.1 Å². The molecular weight excluding hydrogens is 196 g/mol. The smallest absolute Gasteiger partial charge is 0.377 e. The van der Waals surface area contributed by atoms with Gasteiger partial charge in [-0.3, -0.25) is 0 Å². The van der Waals surface area contributed by atoms with Crippen molar-refractivity contribution in [1.82, 2.24) is 0 Å². The number of hydrogen-bond acceptors (Lipinski definition) is 3. The molecule has 0 aliphatic heterocycles. The summed E-state index contributed by atoms with van der Waals surface area (Å²) in [6.45, 7) is 0. The molecule has 0 spiro atoms. The van der Waals surface area contributed by atoms with Gasteiger partial charge in [0.05, 0.1) is 0 Å². The van der Waals surface area contributed by atoms with Crippen molar-refractivity contribution in [3.63, 3.8) is 0 Å². The molecule has 1 rings (SSSR count). The van der Waals surface area contributed by atoms with E-state index in [2.05, 4.69) is 0 Å². The molecule has 3 nitrogen and oxygen atoms in total. The van der Waals surface area contributed by atoms with E-state index < -0.39 is 8.80 Å². The highest BCUT2D eigenvalue weighted by molar-refractivity contribution is 6.60. The maximum absolute atomic E-state index is 5.33. The van der Waals surface area contributed by atoms with Gasteiger partial charge in [-0.25, -0.2) is 0 Å². The van der Waals surface area contributed by atoms with E-state index in [0.29, 0.717) is 6.04 Å². The fourth-order valence-corrected chi connectivity index (χ4v) is 2.98. The van der Waals surface area contributed by atoms with Crippen molar-refractivity contribution in [2.75, 3.05) is 21.3 Å². The summed E-state index contributed by atoms with van der Waals surface area (Å²) in [5.41, 5.74) is 1.17. The summed E-state index contributed by atoms with van der Waals surface area (Å²) in [5, 5.41) is 0. The molecule has 0 saturated heterocycles. The summed E-state index contributed by atoms with van der Waals surface area (Å²) < 4.78 is 16.0. The Labute approximate surface area is 86.0 Å². The zero-order chi connectivity index (χ0) is 10.4. The van der Waals surface area contributed by atoms with E-state index >= 15 is 0 Å². The van der Waals surface area contributed by atoms with Crippen LogP contribution in [0.4, 0.5) is 0 Å². The van der Waals surface area contributed by atoms with Gasteiger partial charge < -0.3 is 13.3 Å². The second-order valence-corrected chi connectivity index (χ2v) is 5.90. The predicted octanol–water partition coefficient (Wildman–Crippen LogP) is 1.65. The monoisotopic (exact) mass is 212 g/mol. The highest BCUT2D eigenvalue weighted by atomic mass is 28.4. The van der Waals surface area contributed by atoms with Crippen molar-refractivity contribution < 1.29 is 13.3 Å². The molecule has 0 saturated carbocycles. The summed E-state index contributed by atoms with van der Waals surface area (Å²) in [4.78, 5) is 0. The van der Waals surface area contributed by atoms with E-state index in [4.69, 9.17) is 13.3 Å². The molecule has 0 fully saturated rings. The molecule has 0 N–H and O–H groups in total. The van der Waals surface area contributed by atoms with E-state index in [1.807, 2.05) is 30.3 Å². The lowest BCUT2D eigenvalue weighted by Gasteiger charge is -2.24. The summed E-state index contributed by atoms with van der Waals surface area (Å²) in [6, 6.07) is 10.8.